The number of carbonyl (C=O) groups is 1. The van der Waals surface area contributed by atoms with E-state index >= 15 is 0 Å². The number of ether oxygens (including phenoxy) is 1. The molecule has 0 radical (unpaired) electrons. The Bertz CT molecular complexity index is 502. The van der Waals surface area contributed by atoms with E-state index in [-0.39, 0.29) is 22.5 Å². The molecule has 1 aromatic carbocycles. The van der Waals surface area contributed by atoms with Crippen LogP contribution in [-0.2, 0) is 4.74 Å². The summed E-state index contributed by atoms with van der Waals surface area (Å²) in [6, 6.07) is 4.00. The van der Waals surface area contributed by atoms with Gasteiger partial charge in [-0.1, -0.05) is 6.07 Å². The maximum atomic E-state index is 11.2. The number of aromatic carboxylic acids is 1. The minimum atomic E-state index is -1.20. The van der Waals surface area contributed by atoms with E-state index in [4.69, 9.17) is 9.84 Å². The molecule has 20 heavy (non-hydrogen) atoms. The predicted octanol–water partition coefficient (Wildman–Crippen LogP) is 2.27. The summed E-state index contributed by atoms with van der Waals surface area (Å²) in [6.07, 6.45) is 2.76. The predicted molar refractivity (Wildman–Crippen MR) is 72.1 cm³/mol. The third-order valence-corrected chi connectivity index (χ3v) is 3.75. The molecule has 108 valence electrons. The highest BCUT2D eigenvalue weighted by Gasteiger charge is 2.37. The summed E-state index contributed by atoms with van der Waals surface area (Å²) in [7, 11) is 1.60. The standard InChI is InChI=1S/C13H16N2O5/c1-20-13(6-3-7-13)8-14-11-9(12(16)17)4-2-5-10(11)15(18)19/h2,4-5,14H,3,6-8H2,1H3,(H,16,17). The quantitative estimate of drug-likeness (QED) is 0.612. The molecule has 0 heterocycles. The maximum absolute atomic E-state index is 11.2. The normalized spacial score (nSPS) is 16.2. The number of nitro groups is 1. The van der Waals surface area contributed by atoms with Crippen LogP contribution in [0.1, 0.15) is 29.6 Å². The van der Waals surface area contributed by atoms with Gasteiger partial charge in [0.2, 0.25) is 0 Å². The number of nitrogens with zero attached hydrogens (tertiary/aromatic N) is 1. The molecule has 2 N–H and O–H groups in total. The Labute approximate surface area is 115 Å². The van der Waals surface area contributed by atoms with Crippen molar-refractivity contribution in [2.24, 2.45) is 0 Å². The van der Waals surface area contributed by atoms with Crippen molar-refractivity contribution in [1.29, 1.82) is 0 Å². The van der Waals surface area contributed by atoms with E-state index in [1.165, 1.54) is 18.2 Å². The number of carboxylic acids is 1. The Balaban J connectivity index is 2.28. The van der Waals surface area contributed by atoms with Gasteiger partial charge < -0.3 is 15.2 Å². The van der Waals surface area contributed by atoms with Gasteiger partial charge in [0.15, 0.2) is 0 Å². The average Bonchev–Trinajstić information content (AvgIpc) is 2.37. The van der Waals surface area contributed by atoms with Crippen LogP contribution in [0.5, 0.6) is 0 Å². The van der Waals surface area contributed by atoms with Crippen LogP contribution in [0.3, 0.4) is 0 Å². The number of anilines is 1. The van der Waals surface area contributed by atoms with Crippen LogP contribution >= 0.6 is 0 Å². The Kier molecular flexibility index (Phi) is 3.89. The Morgan fingerprint density at radius 1 is 1.55 bits per heavy atom. The van der Waals surface area contributed by atoms with Crippen LogP contribution in [-0.4, -0.2) is 35.3 Å². The number of hydrogen-bond acceptors (Lipinski definition) is 5. The van der Waals surface area contributed by atoms with Crippen molar-refractivity contribution >= 4 is 17.3 Å². The molecule has 1 aliphatic carbocycles. The van der Waals surface area contributed by atoms with Crippen LogP contribution in [0.25, 0.3) is 0 Å². The van der Waals surface area contributed by atoms with Gasteiger partial charge in [0, 0.05) is 19.7 Å². The van der Waals surface area contributed by atoms with Crippen molar-refractivity contribution in [3.8, 4) is 0 Å². The monoisotopic (exact) mass is 280 g/mol. The molecule has 7 nitrogen and oxygen atoms in total. The smallest absolute Gasteiger partial charge is 0.338 e. The van der Waals surface area contributed by atoms with Crippen molar-refractivity contribution in [2.75, 3.05) is 19.0 Å². The highest BCUT2D eigenvalue weighted by molar-refractivity contribution is 5.96. The van der Waals surface area contributed by atoms with E-state index in [0.29, 0.717) is 6.54 Å². The number of para-hydroxylation sites is 1. The SMILES string of the molecule is COC1(CNc2c(C(=O)O)cccc2[N+](=O)[O-])CCC1. The molecular formula is C13H16N2O5. The van der Waals surface area contributed by atoms with E-state index < -0.39 is 10.9 Å². The minimum absolute atomic E-state index is 0.0355. The molecule has 0 unspecified atom stereocenters. The van der Waals surface area contributed by atoms with Gasteiger partial charge in [-0.25, -0.2) is 4.79 Å². The largest absolute Gasteiger partial charge is 0.478 e. The number of nitro benzene ring substituents is 1. The maximum Gasteiger partial charge on any atom is 0.338 e. The van der Waals surface area contributed by atoms with Crippen molar-refractivity contribution in [2.45, 2.75) is 24.9 Å². The van der Waals surface area contributed by atoms with Gasteiger partial charge in [0.25, 0.3) is 5.69 Å². The summed E-state index contributed by atoms with van der Waals surface area (Å²) in [5, 5.41) is 23.0. The Morgan fingerprint density at radius 2 is 2.25 bits per heavy atom. The van der Waals surface area contributed by atoms with Crippen molar-refractivity contribution in [3.05, 3.63) is 33.9 Å². The molecule has 1 saturated carbocycles. The van der Waals surface area contributed by atoms with E-state index in [1.54, 1.807) is 7.11 Å². The summed E-state index contributed by atoms with van der Waals surface area (Å²) in [6.45, 7) is 0.356. The van der Waals surface area contributed by atoms with Crippen molar-refractivity contribution in [3.63, 3.8) is 0 Å². The minimum Gasteiger partial charge on any atom is -0.478 e. The molecule has 0 atom stereocenters. The van der Waals surface area contributed by atoms with E-state index in [1.807, 2.05) is 0 Å². The van der Waals surface area contributed by atoms with Crippen LogP contribution < -0.4 is 5.32 Å². The first-order valence-corrected chi connectivity index (χ1v) is 6.29. The summed E-state index contributed by atoms with van der Waals surface area (Å²) in [5.74, 6) is -1.20. The van der Waals surface area contributed by atoms with Gasteiger partial charge in [0.05, 0.1) is 16.1 Å². The summed E-state index contributed by atoms with van der Waals surface area (Å²) in [5.41, 5.74) is -0.659. The molecule has 0 aliphatic heterocycles. The highest BCUT2D eigenvalue weighted by Crippen LogP contribution is 2.36. The van der Waals surface area contributed by atoms with Crippen LogP contribution in [0.2, 0.25) is 0 Å². The second kappa shape index (κ2) is 5.46. The lowest BCUT2D eigenvalue weighted by Crippen LogP contribution is -2.45. The van der Waals surface area contributed by atoms with Crippen LogP contribution in [0.15, 0.2) is 18.2 Å². The molecule has 1 aliphatic rings. The van der Waals surface area contributed by atoms with E-state index in [0.717, 1.165) is 19.3 Å². The Morgan fingerprint density at radius 3 is 2.70 bits per heavy atom. The van der Waals surface area contributed by atoms with E-state index in [9.17, 15) is 14.9 Å². The lowest BCUT2D eigenvalue weighted by atomic mass is 9.80. The lowest BCUT2D eigenvalue weighted by molar-refractivity contribution is -0.384. The topological polar surface area (TPSA) is 102 Å². The third-order valence-electron chi connectivity index (χ3n) is 3.75. The second-order valence-corrected chi connectivity index (χ2v) is 4.86. The number of rotatable bonds is 6. The van der Waals surface area contributed by atoms with Gasteiger partial charge in [-0.3, -0.25) is 10.1 Å². The second-order valence-electron chi connectivity index (χ2n) is 4.86. The van der Waals surface area contributed by atoms with Gasteiger partial charge in [-0.05, 0) is 25.3 Å². The average molecular weight is 280 g/mol. The fourth-order valence-corrected chi connectivity index (χ4v) is 2.33. The number of methoxy groups -OCH3 is 1. The first kappa shape index (κ1) is 14.3. The van der Waals surface area contributed by atoms with E-state index in [2.05, 4.69) is 5.32 Å². The molecule has 0 bridgehead atoms. The third kappa shape index (κ3) is 2.57. The zero-order chi connectivity index (χ0) is 14.8. The van der Waals surface area contributed by atoms with Gasteiger partial charge >= 0.3 is 5.97 Å². The molecular weight excluding hydrogens is 264 g/mol. The fraction of sp³-hybridized carbons (Fsp3) is 0.462. The molecule has 1 fully saturated rings. The molecule has 2 rings (SSSR count). The zero-order valence-electron chi connectivity index (χ0n) is 11.1. The van der Waals surface area contributed by atoms with Gasteiger partial charge in [-0.15, -0.1) is 0 Å². The number of benzene rings is 1. The van der Waals surface area contributed by atoms with Crippen molar-refractivity contribution < 1.29 is 19.6 Å². The molecule has 0 amide bonds. The summed E-state index contributed by atoms with van der Waals surface area (Å²) < 4.78 is 5.42. The number of carboxylic acid groups (broad SMARTS) is 1. The first-order valence-electron chi connectivity index (χ1n) is 6.29. The van der Waals surface area contributed by atoms with Gasteiger partial charge in [-0.2, -0.15) is 0 Å². The molecule has 1 aromatic rings. The summed E-state index contributed by atoms with van der Waals surface area (Å²) >= 11 is 0. The highest BCUT2D eigenvalue weighted by atomic mass is 16.6. The zero-order valence-corrected chi connectivity index (χ0v) is 11.1. The van der Waals surface area contributed by atoms with Crippen LogP contribution in [0, 0.1) is 10.1 Å². The summed E-state index contributed by atoms with van der Waals surface area (Å²) in [4.78, 5) is 21.6. The molecule has 0 saturated heterocycles. The first-order chi connectivity index (χ1) is 9.49. The van der Waals surface area contributed by atoms with Crippen molar-refractivity contribution in [1.82, 2.24) is 0 Å². The van der Waals surface area contributed by atoms with Gasteiger partial charge in [0.1, 0.15) is 5.69 Å². The number of hydrogen-bond donors (Lipinski definition) is 2. The number of nitrogens with one attached hydrogen (secondary N) is 1. The Hall–Kier alpha value is -2.15. The molecule has 7 heteroatoms. The molecule has 0 spiro atoms. The lowest BCUT2D eigenvalue weighted by Gasteiger charge is -2.40. The van der Waals surface area contributed by atoms with Crippen LogP contribution in [0.4, 0.5) is 11.4 Å². The fourth-order valence-electron chi connectivity index (χ4n) is 2.33. The molecule has 0 aromatic heterocycles.